The molecule has 2 nitrogen and oxygen atoms in total. The van der Waals surface area contributed by atoms with Crippen molar-refractivity contribution in [2.75, 3.05) is 0 Å². The average Bonchev–Trinajstić information content (AvgIpc) is 2.02. The van der Waals surface area contributed by atoms with E-state index in [9.17, 15) is 4.79 Å². The summed E-state index contributed by atoms with van der Waals surface area (Å²) in [5.41, 5.74) is 2.06. The Hall–Kier alpha value is -1.05. The van der Waals surface area contributed by atoms with E-state index >= 15 is 0 Å². The first-order valence-electron chi connectivity index (χ1n) is 4.49. The zero-order chi connectivity index (χ0) is 10.4. The van der Waals surface area contributed by atoms with Gasteiger partial charge in [0, 0.05) is 0 Å². The maximum atomic E-state index is 10.6. The molecule has 1 atom stereocenters. The number of allylic oxidation sites excluding steroid dienone is 2. The fourth-order valence-electron chi connectivity index (χ4n) is 0.937. The number of aliphatic carboxylic acids is 1. The van der Waals surface area contributed by atoms with E-state index < -0.39 is 11.9 Å². The third-order valence-corrected chi connectivity index (χ3v) is 2.00. The lowest BCUT2D eigenvalue weighted by Gasteiger charge is -2.08. The summed E-state index contributed by atoms with van der Waals surface area (Å²) >= 11 is 0. The third kappa shape index (κ3) is 5.23. The van der Waals surface area contributed by atoms with Crippen LogP contribution in [0.15, 0.2) is 23.8 Å². The Morgan fingerprint density at radius 3 is 2.46 bits per heavy atom. The maximum absolute atomic E-state index is 10.6. The molecule has 13 heavy (non-hydrogen) atoms. The molecule has 0 aromatic rings. The molecular weight excluding hydrogens is 164 g/mol. The molecule has 1 unspecified atom stereocenters. The van der Waals surface area contributed by atoms with Gasteiger partial charge >= 0.3 is 5.97 Å². The van der Waals surface area contributed by atoms with Gasteiger partial charge in [0.25, 0.3) is 0 Å². The van der Waals surface area contributed by atoms with Gasteiger partial charge in [0.2, 0.25) is 0 Å². The standard InChI is InChI=1S/C11H18O2/c1-8(2)6-5-7-9(3)10(4)11(12)13/h6,10H,3,5,7H2,1-2,4H3,(H,12,13). The van der Waals surface area contributed by atoms with Crippen LogP contribution in [0.2, 0.25) is 0 Å². The summed E-state index contributed by atoms with van der Waals surface area (Å²) in [7, 11) is 0. The van der Waals surface area contributed by atoms with Gasteiger partial charge in [0.15, 0.2) is 0 Å². The summed E-state index contributed by atoms with van der Waals surface area (Å²) in [6.45, 7) is 9.50. The SMILES string of the molecule is C=C(CCC=C(C)C)C(C)C(=O)O. The smallest absolute Gasteiger partial charge is 0.310 e. The molecule has 0 heterocycles. The van der Waals surface area contributed by atoms with Crippen LogP contribution in [-0.2, 0) is 4.79 Å². The van der Waals surface area contributed by atoms with Gasteiger partial charge in [-0.2, -0.15) is 0 Å². The van der Waals surface area contributed by atoms with E-state index in [1.54, 1.807) is 6.92 Å². The van der Waals surface area contributed by atoms with Crippen LogP contribution in [0.5, 0.6) is 0 Å². The fraction of sp³-hybridized carbons (Fsp3) is 0.545. The molecular formula is C11H18O2. The normalized spacial score (nSPS) is 11.9. The summed E-state index contributed by atoms with van der Waals surface area (Å²) in [6, 6.07) is 0. The van der Waals surface area contributed by atoms with E-state index in [0.29, 0.717) is 0 Å². The van der Waals surface area contributed by atoms with E-state index in [1.165, 1.54) is 5.57 Å². The predicted molar refractivity (Wildman–Crippen MR) is 54.6 cm³/mol. The average molecular weight is 182 g/mol. The number of carbonyl (C=O) groups is 1. The Balaban J connectivity index is 3.89. The van der Waals surface area contributed by atoms with Crippen molar-refractivity contribution in [3.8, 4) is 0 Å². The van der Waals surface area contributed by atoms with Crippen LogP contribution in [0.3, 0.4) is 0 Å². The Labute approximate surface area is 80.0 Å². The van der Waals surface area contributed by atoms with Crippen molar-refractivity contribution >= 4 is 5.97 Å². The highest BCUT2D eigenvalue weighted by atomic mass is 16.4. The molecule has 0 spiro atoms. The van der Waals surface area contributed by atoms with E-state index in [1.807, 2.05) is 13.8 Å². The van der Waals surface area contributed by atoms with E-state index in [0.717, 1.165) is 18.4 Å². The first-order valence-corrected chi connectivity index (χ1v) is 4.49. The summed E-state index contributed by atoms with van der Waals surface area (Å²) in [4.78, 5) is 10.6. The van der Waals surface area contributed by atoms with Crippen molar-refractivity contribution in [3.63, 3.8) is 0 Å². The number of carboxylic acids is 1. The van der Waals surface area contributed by atoms with Crippen molar-refractivity contribution in [3.05, 3.63) is 23.8 Å². The van der Waals surface area contributed by atoms with E-state index in [4.69, 9.17) is 5.11 Å². The minimum Gasteiger partial charge on any atom is -0.481 e. The molecule has 0 aliphatic carbocycles. The molecule has 0 amide bonds. The van der Waals surface area contributed by atoms with Gasteiger partial charge < -0.3 is 5.11 Å². The van der Waals surface area contributed by atoms with Gasteiger partial charge in [-0.1, -0.05) is 23.8 Å². The molecule has 0 aliphatic rings. The lowest BCUT2D eigenvalue weighted by Crippen LogP contribution is -2.11. The monoisotopic (exact) mass is 182 g/mol. The zero-order valence-corrected chi connectivity index (χ0v) is 8.63. The Morgan fingerprint density at radius 1 is 1.54 bits per heavy atom. The first kappa shape index (κ1) is 11.9. The lowest BCUT2D eigenvalue weighted by atomic mass is 9.98. The van der Waals surface area contributed by atoms with Crippen LogP contribution in [-0.4, -0.2) is 11.1 Å². The first-order chi connectivity index (χ1) is 5.95. The molecule has 0 saturated heterocycles. The van der Waals surface area contributed by atoms with Gasteiger partial charge in [-0.25, -0.2) is 0 Å². The highest BCUT2D eigenvalue weighted by Gasteiger charge is 2.13. The molecule has 74 valence electrons. The Kier molecular flexibility index (Phi) is 5.12. The summed E-state index contributed by atoms with van der Waals surface area (Å²) in [6.07, 6.45) is 3.75. The Bertz CT molecular complexity index is 222. The minimum atomic E-state index is -0.790. The Morgan fingerprint density at radius 2 is 2.08 bits per heavy atom. The predicted octanol–water partition coefficient (Wildman–Crippen LogP) is 3.01. The molecule has 0 fully saturated rings. The molecule has 2 heteroatoms. The number of hydrogen-bond acceptors (Lipinski definition) is 1. The van der Waals surface area contributed by atoms with Crippen LogP contribution in [0.1, 0.15) is 33.6 Å². The van der Waals surface area contributed by atoms with Crippen molar-refractivity contribution < 1.29 is 9.90 Å². The van der Waals surface area contributed by atoms with Crippen molar-refractivity contribution in [1.82, 2.24) is 0 Å². The maximum Gasteiger partial charge on any atom is 0.310 e. The highest BCUT2D eigenvalue weighted by molar-refractivity contribution is 5.72. The van der Waals surface area contributed by atoms with Crippen molar-refractivity contribution in [2.24, 2.45) is 5.92 Å². The lowest BCUT2D eigenvalue weighted by molar-refractivity contribution is -0.139. The van der Waals surface area contributed by atoms with E-state index in [2.05, 4.69) is 12.7 Å². The number of rotatable bonds is 5. The topological polar surface area (TPSA) is 37.3 Å². The second-order valence-corrected chi connectivity index (χ2v) is 3.54. The van der Waals surface area contributed by atoms with Gasteiger partial charge in [0.1, 0.15) is 0 Å². The van der Waals surface area contributed by atoms with Gasteiger partial charge in [-0.15, -0.1) is 0 Å². The van der Waals surface area contributed by atoms with Crippen LogP contribution in [0.4, 0.5) is 0 Å². The minimum absolute atomic E-state index is 0.425. The molecule has 0 aromatic carbocycles. The van der Waals surface area contributed by atoms with Crippen LogP contribution >= 0.6 is 0 Å². The van der Waals surface area contributed by atoms with Gasteiger partial charge in [-0.05, 0) is 33.6 Å². The largest absolute Gasteiger partial charge is 0.481 e. The summed E-state index contributed by atoms with van der Waals surface area (Å²) in [5.74, 6) is -1.22. The molecule has 0 aromatic heterocycles. The van der Waals surface area contributed by atoms with Gasteiger partial charge in [0.05, 0.1) is 5.92 Å². The van der Waals surface area contributed by atoms with Crippen LogP contribution < -0.4 is 0 Å². The van der Waals surface area contributed by atoms with Gasteiger partial charge in [-0.3, -0.25) is 4.79 Å². The zero-order valence-electron chi connectivity index (χ0n) is 8.63. The number of hydrogen-bond donors (Lipinski definition) is 1. The third-order valence-electron chi connectivity index (χ3n) is 2.00. The molecule has 0 rings (SSSR count). The molecule has 0 radical (unpaired) electrons. The van der Waals surface area contributed by atoms with Crippen LogP contribution in [0.25, 0.3) is 0 Å². The quantitative estimate of drug-likeness (QED) is 0.663. The van der Waals surface area contributed by atoms with E-state index in [-0.39, 0.29) is 0 Å². The molecule has 1 N–H and O–H groups in total. The number of carboxylic acid groups (broad SMARTS) is 1. The highest BCUT2D eigenvalue weighted by Crippen LogP contribution is 2.15. The second kappa shape index (κ2) is 5.57. The van der Waals surface area contributed by atoms with Crippen molar-refractivity contribution in [1.29, 1.82) is 0 Å². The summed E-state index contributed by atoms with van der Waals surface area (Å²) < 4.78 is 0. The molecule has 0 bridgehead atoms. The molecule has 0 aliphatic heterocycles. The summed E-state index contributed by atoms with van der Waals surface area (Å²) in [5, 5.41) is 8.68. The fourth-order valence-corrected chi connectivity index (χ4v) is 0.937. The van der Waals surface area contributed by atoms with Crippen molar-refractivity contribution in [2.45, 2.75) is 33.6 Å². The van der Waals surface area contributed by atoms with Crippen LogP contribution in [0, 0.1) is 5.92 Å². The second-order valence-electron chi connectivity index (χ2n) is 3.54. The molecule has 0 saturated carbocycles.